The van der Waals surface area contributed by atoms with Crippen molar-refractivity contribution in [3.8, 4) is 0 Å². The maximum absolute atomic E-state index is 12.6. The molecule has 0 saturated carbocycles. The van der Waals surface area contributed by atoms with Crippen LogP contribution in [0.2, 0.25) is 0 Å². The van der Waals surface area contributed by atoms with E-state index in [1.54, 1.807) is 4.90 Å². The maximum Gasteiger partial charge on any atom is 0.407 e. The van der Waals surface area contributed by atoms with Gasteiger partial charge in [0.2, 0.25) is 5.91 Å². The van der Waals surface area contributed by atoms with Gasteiger partial charge in [0.25, 0.3) is 0 Å². The first-order chi connectivity index (χ1) is 14.1. The molecule has 0 bridgehead atoms. The number of amides is 2. The standard InChI is InChI=1S/C23H27N3O3/c1-25-11-9-18-7-8-21(13-19(18)10-12-25)26-15-20(14-22(26)27)24-23(28)29-16-17-5-3-2-4-6-17/h2-8,13,20H,9-12,14-16H2,1H3,(H,24,28)/t20-/m1/s1. The van der Waals surface area contributed by atoms with Crippen LogP contribution in [0, 0.1) is 0 Å². The van der Waals surface area contributed by atoms with Gasteiger partial charge in [0.05, 0.1) is 6.04 Å². The number of hydrogen-bond donors (Lipinski definition) is 1. The lowest BCUT2D eigenvalue weighted by molar-refractivity contribution is -0.117. The van der Waals surface area contributed by atoms with Crippen LogP contribution in [-0.2, 0) is 29.0 Å². The monoisotopic (exact) mass is 393 g/mol. The van der Waals surface area contributed by atoms with Crippen LogP contribution in [0.15, 0.2) is 48.5 Å². The third kappa shape index (κ3) is 4.77. The number of likely N-dealkylation sites (N-methyl/N-ethyl adjacent to an activating group) is 1. The number of carbonyl (C=O) groups is 2. The second kappa shape index (κ2) is 8.66. The predicted octanol–water partition coefficient (Wildman–Crippen LogP) is 2.75. The molecule has 2 aliphatic rings. The van der Waals surface area contributed by atoms with E-state index in [1.807, 2.05) is 36.4 Å². The smallest absolute Gasteiger partial charge is 0.407 e. The molecule has 4 rings (SSSR count). The summed E-state index contributed by atoms with van der Waals surface area (Å²) in [6.45, 7) is 2.78. The van der Waals surface area contributed by atoms with Crippen molar-refractivity contribution in [2.75, 3.05) is 31.6 Å². The molecule has 6 nitrogen and oxygen atoms in total. The number of anilines is 1. The predicted molar refractivity (Wildman–Crippen MR) is 112 cm³/mol. The van der Waals surface area contributed by atoms with Gasteiger partial charge in [0, 0.05) is 31.7 Å². The van der Waals surface area contributed by atoms with Gasteiger partial charge < -0.3 is 19.9 Å². The van der Waals surface area contributed by atoms with Crippen LogP contribution in [0.4, 0.5) is 10.5 Å². The lowest BCUT2D eigenvalue weighted by atomic mass is 10.0. The van der Waals surface area contributed by atoms with Crippen LogP contribution < -0.4 is 10.2 Å². The number of alkyl carbamates (subject to hydrolysis) is 1. The van der Waals surface area contributed by atoms with Crippen molar-refractivity contribution in [3.05, 3.63) is 65.2 Å². The van der Waals surface area contributed by atoms with E-state index in [0.29, 0.717) is 13.0 Å². The molecule has 0 spiro atoms. The van der Waals surface area contributed by atoms with E-state index in [1.165, 1.54) is 11.1 Å². The molecule has 2 aromatic rings. The fourth-order valence-corrected chi connectivity index (χ4v) is 3.98. The second-order valence-corrected chi connectivity index (χ2v) is 7.87. The molecular weight excluding hydrogens is 366 g/mol. The summed E-state index contributed by atoms with van der Waals surface area (Å²) in [6.07, 6.45) is 1.84. The van der Waals surface area contributed by atoms with Gasteiger partial charge in [0.15, 0.2) is 0 Å². The summed E-state index contributed by atoms with van der Waals surface area (Å²) in [4.78, 5) is 28.8. The van der Waals surface area contributed by atoms with Crippen LogP contribution in [-0.4, -0.2) is 49.6 Å². The van der Waals surface area contributed by atoms with E-state index in [9.17, 15) is 9.59 Å². The fraction of sp³-hybridized carbons (Fsp3) is 0.391. The molecule has 29 heavy (non-hydrogen) atoms. The molecule has 6 heteroatoms. The Bertz CT molecular complexity index is 884. The topological polar surface area (TPSA) is 61.9 Å². The van der Waals surface area contributed by atoms with Gasteiger partial charge in [-0.05, 0) is 48.7 Å². The number of carbonyl (C=O) groups excluding carboxylic acids is 2. The van der Waals surface area contributed by atoms with E-state index in [-0.39, 0.29) is 18.6 Å². The number of hydrogen-bond acceptors (Lipinski definition) is 4. The van der Waals surface area contributed by atoms with Crippen molar-refractivity contribution >= 4 is 17.7 Å². The van der Waals surface area contributed by atoms with E-state index >= 15 is 0 Å². The highest BCUT2D eigenvalue weighted by Crippen LogP contribution is 2.26. The zero-order valence-electron chi connectivity index (χ0n) is 16.8. The summed E-state index contributed by atoms with van der Waals surface area (Å²) in [6, 6.07) is 15.6. The number of rotatable bonds is 4. The Hall–Kier alpha value is -2.86. The van der Waals surface area contributed by atoms with Crippen LogP contribution in [0.3, 0.4) is 0 Å². The average Bonchev–Trinajstić information content (AvgIpc) is 2.98. The molecule has 1 fully saturated rings. The number of ether oxygens (including phenoxy) is 1. The van der Waals surface area contributed by atoms with Gasteiger partial charge in [-0.1, -0.05) is 36.4 Å². The first kappa shape index (κ1) is 19.5. The van der Waals surface area contributed by atoms with Crippen molar-refractivity contribution in [1.82, 2.24) is 10.2 Å². The van der Waals surface area contributed by atoms with Crippen molar-refractivity contribution in [2.45, 2.75) is 31.9 Å². The van der Waals surface area contributed by atoms with Crippen molar-refractivity contribution in [1.29, 1.82) is 0 Å². The molecule has 0 aromatic heterocycles. The Kier molecular flexibility index (Phi) is 5.81. The zero-order valence-corrected chi connectivity index (χ0v) is 16.8. The summed E-state index contributed by atoms with van der Waals surface area (Å²) in [7, 11) is 2.14. The first-order valence-corrected chi connectivity index (χ1v) is 10.2. The third-order valence-corrected chi connectivity index (χ3v) is 5.69. The van der Waals surface area contributed by atoms with E-state index in [4.69, 9.17) is 4.74 Å². The third-order valence-electron chi connectivity index (χ3n) is 5.69. The molecule has 1 saturated heterocycles. The molecule has 2 amide bonds. The molecule has 0 aliphatic carbocycles. The average molecular weight is 393 g/mol. The molecular formula is C23H27N3O3. The molecule has 152 valence electrons. The molecule has 0 unspecified atom stereocenters. The lowest BCUT2D eigenvalue weighted by Crippen LogP contribution is -2.37. The molecule has 1 N–H and O–H groups in total. The molecule has 1 atom stereocenters. The molecule has 2 heterocycles. The van der Waals surface area contributed by atoms with Crippen LogP contribution in [0.1, 0.15) is 23.1 Å². The normalized spacial score (nSPS) is 19.6. The Morgan fingerprint density at radius 3 is 2.66 bits per heavy atom. The Morgan fingerprint density at radius 1 is 1.10 bits per heavy atom. The van der Waals surface area contributed by atoms with E-state index in [0.717, 1.165) is 37.2 Å². The minimum Gasteiger partial charge on any atom is -0.445 e. The minimum atomic E-state index is -0.488. The SMILES string of the molecule is CN1CCc2ccc(N3C[C@H](NC(=O)OCc4ccccc4)CC3=O)cc2CC1. The largest absolute Gasteiger partial charge is 0.445 e. The fourth-order valence-electron chi connectivity index (χ4n) is 3.98. The molecule has 0 radical (unpaired) electrons. The number of fused-ring (bicyclic) bond motifs is 1. The van der Waals surface area contributed by atoms with Crippen molar-refractivity contribution in [2.24, 2.45) is 0 Å². The highest BCUT2D eigenvalue weighted by Gasteiger charge is 2.32. The number of benzene rings is 2. The van der Waals surface area contributed by atoms with Gasteiger partial charge in [-0.15, -0.1) is 0 Å². The highest BCUT2D eigenvalue weighted by molar-refractivity contribution is 5.96. The van der Waals surface area contributed by atoms with Crippen LogP contribution in [0.25, 0.3) is 0 Å². The summed E-state index contributed by atoms with van der Waals surface area (Å²) >= 11 is 0. The summed E-state index contributed by atoms with van der Waals surface area (Å²) in [5.41, 5.74) is 4.53. The molecule has 2 aliphatic heterocycles. The van der Waals surface area contributed by atoms with Gasteiger partial charge in [-0.25, -0.2) is 4.79 Å². The van der Waals surface area contributed by atoms with Gasteiger partial charge >= 0.3 is 6.09 Å². The van der Waals surface area contributed by atoms with E-state index in [2.05, 4.69) is 29.4 Å². The van der Waals surface area contributed by atoms with Gasteiger partial charge in [0.1, 0.15) is 6.61 Å². The minimum absolute atomic E-state index is 0.0315. The second-order valence-electron chi connectivity index (χ2n) is 7.87. The number of nitrogens with one attached hydrogen (secondary N) is 1. The number of nitrogens with zero attached hydrogens (tertiary/aromatic N) is 2. The van der Waals surface area contributed by atoms with Crippen LogP contribution in [0.5, 0.6) is 0 Å². The first-order valence-electron chi connectivity index (χ1n) is 10.2. The maximum atomic E-state index is 12.6. The molecule has 2 aromatic carbocycles. The quantitative estimate of drug-likeness (QED) is 0.868. The highest BCUT2D eigenvalue weighted by atomic mass is 16.5. The summed E-state index contributed by atoms with van der Waals surface area (Å²) in [5.74, 6) is 0.0315. The Labute approximate surface area is 171 Å². The van der Waals surface area contributed by atoms with Gasteiger partial charge in [-0.2, -0.15) is 0 Å². The Balaban J connectivity index is 1.35. The Morgan fingerprint density at radius 2 is 1.86 bits per heavy atom. The lowest BCUT2D eigenvalue weighted by Gasteiger charge is -2.19. The van der Waals surface area contributed by atoms with E-state index < -0.39 is 6.09 Å². The zero-order chi connectivity index (χ0) is 20.2. The van der Waals surface area contributed by atoms with Gasteiger partial charge in [-0.3, -0.25) is 4.79 Å². The summed E-state index contributed by atoms with van der Waals surface area (Å²) in [5, 5.41) is 2.83. The summed E-state index contributed by atoms with van der Waals surface area (Å²) < 4.78 is 5.28. The van der Waals surface area contributed by atoms with Crippen molar-refractivity contribution < 1.29 is 14.3 Å². The van der Waals surface area contributed by atoms with Crippen molar-refractivity contribution in [3.63, 3.8) is 0 Å². The van der Waals surface area contributed by atoms with Crippen LogP contribution >= 0.6 is 0 Å².